The molecule has 1 aliphatic heterocycles. The maximum atomic E-state index is 13.6. The summed E-state index contributed by atoms with van der Waals surface area (Å²) in [7, 11) is -1.88. The Kier molecular flexibility index (Phi) is 5.32. The molecule has 1 saturated carbocycles. The van der Waals surface area contributed by atoms with Crippen LogP contribution in [0.4, 0.5) is 0 Å². The van der Waals surface area contributed by atoms with Crippen LogP contribution in [0.2, 0.25) is 0 Å². The molecule has 2 aromatic heterocycles. The molecule has 0 bridgehead atoms. The molecular formula is C19H26N4O3S2. The average molecular weight is 423 g/mol. The van der Waals surface area contributed by atoms with Crippen molar-refractivity contribution in [1.29, 1.82) is 0 Å². The highest BCUT2D eigenvalue weighted by Gasteiger charge is 2.46. The zero-order chi connectivity index (χ0) is 19.8. The minimum absolute atomic E-state index is 0.0700. The Morgan fingerprint density at radius 1 is 1.14 bits per heavy atom. The number of aromatic nitrogens is 2. The summed E-state index contributed by atoms with van der Waals surface area (Å²) >= 11 is 1.66. The topological polar surface area (TPSA) is 75.5 Å². The molecule has 2 aliphatic rings. The van der Waals surface area contributed by atoms with E-state index in [4.69, 9.17) is 0 Å². The molecule has 4 rings (SSSR count). The molecule has 152 valence electrons. The predicted molar refractivity (Wildman–Crippen MR) is 108 cm³/mol. The van der Waals surface area contributed by atoms with E-state index in [-0.39, 0.29) is 10.9 Å². The molecule has 3 heterocycles. The second kappa shape index (κ2) is 7.61. The highest BCUT2D eigenvalue weighted by Crippen LogP contribution is 2.44. The Morgan fingerprint density at radius 3 is 2.57 bits per heavy atom. The number of carbonyl (C=O) groups excluding carboxylic acids is 1. The first kappa shape index (κ1) is 19.6. The zero-order valence-electron chi connectivity index (χ0n) is 16.1. The molecule has 0 N–H and O–H groups in total. The molecule has 1 amide bonds. The van der Waals surface area contributed by atoms with Crippen molar-refractivity contribution >= 4 is 27.3 Å². The Labute approximate surface area is 170 Å². The van der Waals surface area contributed by atoms with Crippen molar-refractivity contribution in [2.45, 2.75) is 42.5 Å². The second-order valence-corrected chi connectivity index (χ2v) is 10.5. The first-order valence-electron chi connectivity index (χ1n) is 9.75. The Hall–Kier alpha value is -1.71. The molecule has 9 heteroatoms. The van der Waals surface area contributed by atoms with Gasteiger partial charge in [0.25, 0.3) is 10.0 Å². The van der Waals surface area contributed by atoms with Crippen molar-refractivity contribution in [3.8, 4) is 0 Å². The lowest BCUT2D eigenvalue weighted by Gasteiger charge is -2.33. The van der Waals surface area contributed by atoms with E-state index < -0.39 is 15.4 Å². The molecule has 2 fully saturated rings. The number of aryl methyl sites for hydroxylation is 1. The molecule has 1 aliphatic carbocycles. The highest BCUT2D eigenvalue weighted by atomic mass is 32.2. The average Bonchev–Trinajstić information content (AvgIpc) is 3.40. The molecule has 1 saturated heterocycles. The third kappa shape index (κ3) is 3.40. The normalized spacial score (nSPS) is 21.0. The van der Waals surface area contributed by atoms with Crippen LogP contribution < -0.4 is 0 Å². The first-order chi connectivity index (χ1) is 13.4. The van der Waals surface area contributed by atoms with Crippen molar-refractivity contribution in [2.24, 2.45) is 7.05 Å². The van der Waals surface area contributed by atoms with Crippen molar-refractivity contribution in [1.82, 2.24) is 18.8 Å². The Morgan fingerprint density at radius 2 is 1.93 bits per heavy atom. The van der Waals surface area contributed by atoms with Gasteiger partial charge < -0.3 is 9.47 Å². The summed E-state index contributed by atoms with van der Waals surface area (Å²) < 4.78 is 28.9. The summed E-state index contributed by atoms with van der Waals surface area (Å²) in [5, 5.41) is 2.10. The van der Waals surface area contributed by atoms with Crippen LogP contribution in [-0.4, -0.2) is 59.3 Å². The molecule has 28 heavy (non-hydrogen) atoms. The zero-order valence-corrected chi connectivity index (χ0v) is 17.7. The van der Waals surface area contributed by atoms with Crippen molar-refractivity contribution in [3.05, 3.63) is 34.9 Å². The summed E-state index contributed by atoms with van der Waals surface area (Å²) in [5.41, 5.74) is -0.413. The lowest BCUT2D eigenvalue weighted by atomic mass is 9.82. The van der Waals surface area contributed by atoms with Gasteiger partial charge in [-0.2, -0.15) is 4.31 Å². The second-order valence-electron chi connectivity index (χ2n) is 7.69. The molecule has 7 nitrogen and oxygen atoms in total. The van der Waals surface area contributed by atoms with Gasteiger partial charge in [-0.3, -0.25) is 4.79 Å². The molecule has 0 spiro atoms. The maximum Gasteiger partial charge on any atom is 0.262 e. The summed E-state index contributed by atoms with van der Waals surface area (Å²) in [6.07, 6.45) is 7.56. The fourth-order valence-electron chi connectivity index (χ4n) is 4.39. The third-order valence-corrected chi connectivity index (χ3v) is 8.75. The largest absolute Gasteiger partial charge is 0.341 e. The van der Waals surface area contributed by atoms with Gasteiger partial charge in [0.1, 0.15) is 0 Å². The van der Waals surface area contributed by atoms with Crippen molar-refractivity contribution in [3.63, 3.8) is 0 Å². The Balaban J connectivity index is 1.52. The van der Waals surface area contributed by atoms with E-state index in [1.807, 2.05) is 16.3 Å². The van der Waals surface area contributed by atoms with Gasteiger partial charge in [0.05, 0.1) is 11.7 Å². The van der Waals surface area contributed by atoms with E-state index in [2.05, 4.69) is 11.1 Å². The van der Waals surface area contributed by atoms with E-state index >= 15 is 0 Å². The lowest BCUT2D eigenvalue weighted by Crippen LogP contribution is -2.46. The van der Waals surface area contributed by atoms with Crippen LogP contribution >= 0.6 is 11.3 Å². The van der Waals surface area contributed by atoms with Gasteiger partial charge in [0.15, 0.2) is 5.03 Å². The van der Waals surface area contributed by atoms with E-state index in [0.29, 0.717) is 32.6 Å². The van der Waals surface area contributed by atoms with E-state index in [1.54, 1.807) is 23.0 Å². The standard InChI is InChI=1S/C19H26N4O3S2/c1-21-14-17(20-15-21)28(25,26)23-10-5-9-22(11-12-23)18(24)19(7-2-3-8-19)16-6-4-13-27-16/h4,6,13-15H,2-3,5,7-12H2,1H3. The minimum Gasteiger partial charge on any atom is -0.341 e. The fourth-order valence-corrected chi connectivity index (χ4v) is 6.80. The van der Waals surface area contributed by atoms with Crippen LogP contribution in [-0.2, 0) is 27.3 Å². The van der Waals surface area contributed by atoms with Crippen LogP contribution in [0.1, 0.15) is 37.0 Å². The number of hydrogen-bond acceptors (Lipinski definition) is 5. The van der Waals surface area contributed by atoms with Crippen LogP contribution in [0.5, 0.6) is 0 Å². The number of imidazole rings is 1. The van der Waals surface area contributed by atoms with Crippen LogP contribution in [0, 0.1) is 0 Å². The third-order valence-electron chi connectivity index (χ3n) is 5.89. The van der Waals surface area contributed by atoms with Gasteiger partial charge in [-0.1, -0.05) is 18.9 Å². The summed E-state index contributed by atoms with van der Waals surface area (Å²) in [4.78, 5) is 20.6. The molecule has 0 unspecified atom stereocenters. The molecule has 0 aromatic carbocycles. The lowest BCUT2D eigenvalue weighted by molar-refractivity contribution is -0.137. The number of carbonyl (C=O) groups is 1. The quantitative estimate of drug-likeness (QED) is 0.757. The van der Waals surface area contributed by atoms with Gasteiger partial charge in [0.2, 0.25) is 5.91 Å². The molecule has 0 atom stereocenters. The maximum absolute atomic E-state index is 13.6. The summed E-state index contributed by atoms with van der Waals surface area (Å²) in [6, 6.07) is 4.08. The number of thiophene rings is 1. The minimum atomic E-state index is -3.63. The van der Waals surface area contributed by atoms with Gasteiger partial charge in [-0.25, -0.2) is 13.4 Å². The fraction of sp³-hybridized carbons (Fsp3) is 0.579. The smallest absolute Gasteiger partial charge is 0.262 e. The summed E-state index contributed by atoms with van der Waals surface area (Å²) in [6.45, 7) is 1.75. The molecule has 2 aromatic rings. The number of rotatable bonds is 4. The highest BCUT2D eigenvalue weighted by molar-refractivity contribution is 7.89. The van der Waals surface area contributed by atoms with E-state index in [0.717, 1.165) is 30.6 Å². The van der Waals surface area contributed by atoms with Crippen molar-refractivity contribution in [2.75, 3.05) is 26.2 Å². The molecular weight excluding hydrogens is 396 g/mol. The predicted octanol–water partition coefficient (Wildman–Crippen LogP) is 2.22. The van der Waals surface area contributed by atoms with E-state index in [1.165, 1.54) is 16.8 Å². The van der Waals surface area contributed by atoms with Gasteiger partial charge >= 0.3 is 0 Å². The van der Waals surface area contributed by atoms with E-state index in [9.17, 15) is 13.2 Å². The first-order valence-corrected chi connectivity index (χ1v) is 12.1. The monoisotopic (exact) mass is 422 g/mol. The van der Waals surface area contributed by atoms with Crippen LogP contribution in [0.25, 0.3) is 0 Å². The van der Waals surface area contributed by atoms with Crippen LogP contribution in [0.15, 0.2) is 35.1 Å². The van der Waals surface area contributed by atoms with Gasteiger partial charge in [-0.05, 0) is 30.7 Å². The molecule has 0 radical (unpaired) electrons. The Bertz CT molecular complexity index is 930. The number of nitrogens with zero attached hydrogens (tertiary/aromatic N) is 4. The number of hydrogen-bond donors (Lipinski definition) is 0. The summed E-state index contributed by atoms with van der Waals surface area (Å²) in [5.74, 6) is 0.171. The van der Waals surface area contributed by atoms with Crippen LogP contribution in [0.3, 0.4) is 0 Å². The van der Waals surface area contributed by atoms with Gasteiger partial charge in [-0.15, -0.1) is 11.3 Å². The number of amides is 1. The SMILES string of the molecule is Cn1cnc(S(=O)(=O)N2CCCN(C(=O)C3(c4cccs4)CCCC3)CC2)c1. The van der Waals surface area contributed by atoms with Gasteiger partial charge in [0, 0.05) is 44.3 Å². The van der Waals surface area contributed by atoms with Crippen molar-refractivity contribution < 1.29 is 13.2 Å². The number of sulfonamides is 1.